The fourth-order valence-corrected chi connectivity index (χ4v) is 4.19. The SMILES string of the molecule is CCCCCCCCC=CCCCCCCCC(=O)OCCCCCCCCCCCC.O=S(=O)(O)O.[MgH2].[NaH]. The number of carbonyl (C=O) groups is 1. The molecule has 0 radical (unpaired) electrons. The molecule has 0 atom stereocenters. The second-order valence-corrected chi connectivity index (χ2v) is 11.1. The Balaban J connectivity index is -0.000000796. The summed E-state index contributed by atoms with van der Waals surface area (Å²) >= 11 is 0. The monoisotopic (exact) mass is 598 g/mol. The molecule has 0 aromatic rings. The molecule has 0 amide bonds. The van der Waals surface area contributed by atoms with Gasteiger partial charge in [-0.1, -0.05) is 135 Å². The van der Waals surface area contributed by atoms with E-state index in [0.29, 0.717) is 13.0 Å². The number of hydrogen-bond acceptors (Lipinski definition) is 4. The molecule has 0 spiro atoms. The molecule has 0 aliphatic rings. The van der Waals surface area contributed by atoms with Crippen LogP contribution in [0.15, 0.2) is 12.2 Å². The summed E-state index contributed by atoms with van der Waals surface area (Å²) in [5.74, 6) is 0.0125. The van der Waals surface area contributed by atoms with Crippen LogP contribution < -0.4 is 0 Å². The van der Waals surface area contributed by atoms with Gasteiger partial charge >= 0.3 is 69.0 Å². The molecule has 0 heterocycles. The molecule has 0 fully saturated rings. The average Bonchev–Trinajstić information content (AvgIpc) is 2.84. The third kappa shape index (κ3) is 55.4. The number of hydrogen-bond donors (Lipinski definition) is 2. The van der Waals surface area contributed by atoms with E-state index in [-0.39, 0.29) is 58.6 Å². The van der Waals surface area contributed by atoms with Crippen molar-refractivity contribution in [1.82, 2.24) is 0 Å². The Morgan fingerprint density at radius 2 is 0.897 bits per heavy atom. The fourth-order valence-electron chi connectivity index (χ4n) is 4.19. The molecular formula is C30H63MgNaO6S. The molecule has 228 valence electrons. The molecule has 2 N–H and O–H groups in total. The van der Waals surface area contributed by atoms with Crippen molar-refractivity contribution in [3.63, 3.8) is 0 Å². The van der Waals surface area contributed by atoms with Crippen LogP contribution in [0.25, 0.3) is 0 Å². The van der Waals surface area contributed by atoms with Crippen molar-refractivity contribution in [1.29, 1.82) is 0 Å². The summed E-state index contributed by atoms with van der Waals surface area (Å²) in [5, 5.41) is 0. The molecule has 0 unspecified atom stereocenters. The Kier molecular flexibility index (Phi) is 46.6. The molecule has 0 aromatic heterocycles. The first-order chi connectivity index (χ1) is 17.8. The summed E-state index contributed by atoms with van der Waals surface area (Å²) in [6.45, 7) is 5.17. The van der Waals surface area contributed by atoms with Crippen LogP contribution in [0.3, 0.4) is 0 Å². The molecule has 9 heteroatoms. The Hall–Kier alpha value is 0.846. The van der Waals surface area contributed by atoms with Gasteiger partial charge in [0.1, 0.15) is 0 Å². The maximum absolute atomic E-state index is 11.8. The first-order valence-corrected chi connectivity index (χ1v) is 16.7. The summed E-state index contributed by atoms with van der Waals surface area (Å²) in [6.07, 6.45) is 35.3. The summed E-state index contributed by atoms with van der Waals surface area (Å²) in [6, 6.07) is 0. The molecule has 0 saturated carbocycles. The minimum absolute atomic E-state index is 0. The summed E-state index contributed by atoms with van der Waals surface area (Å²) in [5.41, 5.74) is 0. The first kappa shape index (κ1) is 46.8. The van der Waals surface area contributed by atoms with E-state index in [9.17, 15) is 4.79 Å². The second-order valence-electron chi connectivity index (χ2n) is 10.2. The molecule has 0 aliphatic heterocycles. The van der Waals surface area contributed by atoms with E-state index < -0.39 is 10.4 Å². The quantitative estimate of drug-likeness (QED) is 0.0342. The fraction of sp³-hybridized carbons (Fsp3) is 0.900. The van der Waals surface area contributed by atoms with Crippen LogP contribution >= 0.6 is 0 Å². The number of rotatable bonds is 26. The maximum atomic E-state index is 11.8. The Morgan fingerprint density at radius 1 is 0.590 bits per heavy atom. The van der Waals surface area contributed by atoms with Gasteiger partial charge in [-0.2, -0.15) is 8.42 Å². The minimum atomic E-state index is -4.67. The molecule has 0 bridgehead atoms. The van der Waals surface area contributed by atoms with Gasteiger partial charge in [-0.05, 0) is 38.5 Å². The van der Waals surface area contributed by atoms with Crippen LogP contribution in [0.5, 0.6) is 0 Å². The van der Waals surface area contributed by atoms with E-state index >= 15 is 0 Å². The normalized spacial score (nSPS) is 10.9. The summed E-state index contributed by atoms with van der Waals surface area (Å²) in [7, 11) is -4.67. The second kappa shape index (κ2) is 38.8. The average molecular weight is 599 g/mol. The van der Waals surface area contributed by atoms with E-state index in [1.54, 1.807) is 0 Å². The predicted octanol–water partition coefficient (Wildman–Crippen LogP) is 8.27. The Morgan fingerprint density at radius 3 is 1.28 bits per heavy atom. The predicted molar refractivity (Wildman–Crippen MR) is 172 cm³/mol. The van der Waals surface area contributed by atoms with Crippen molar-refractivity contribution in [3.05, 3.63) is 12.2 Å². The van der Waals surface area contributed by atoms with E-state index in [1.807, 2.05) is 0 Å². The van der Waals surface area contributed by atoms with Crippen LogP contribution in [-0.4, -0.2) is 82.7 Å². The Bertz CT molecular complexity index is 594. The zero-order valence-electron chi connectivity index (χ0n) is 24.3. The van der Waals surface area contributed by atoms with Gasteiger partial charge in [-0.15, -0.1) is 0 Å². The van der Waals surface area contributed by atoms with Crippen molar-refractivity contribution in [3.8, 4) is 0 Å². The van der Waals surface area contributed by atoms with Gasteiger partial charge in [0.15, 0.2) is 0 Å². The van der Waals surface area contributed by atoms with Crippen LogP contribution in [-0.2, 0) is 19.9 Å². The van der Waals surface area contributed by atoms with Crippen molar-refractivity contribution < 1.29 is 27.1 Å². The van der Waals surface area contributed by atoms with Gasteiger partial charge in [-0.25, -0.2) is 0 Å². The van der Waals surface area contributed by atoms with Crippen LogP contribution in [0.4, 0.5) is 0 Å². The molecular weight excluding hydrogens is 536 g/mol. The van der Waals surface area contributed by atoms with Crippen molar-refractivity contribution >= 4 is 69.0 Å². The van der Waals surface area contributed by atoms with E-state index in [0.717, 1.165) is 19.3 Å². The van der Waals surface area contributed by atoms with Crippen molar-refractivity contribution in [2.24, 2.45) is 0 Å². The number of unbranched alkanes of at least 4 members (excludes halogenated alkanes) is 20. The van der Waals surface area contributed by atoms with Crippen molar-refractivity contribution in [2.75, 3.05) is 6.61 Å². The van der Waals surface area contributed by atoms with E-state index in [4.69, 9.17) is 22.3 Å². The molecule has 0 saturated heterocycles. The zero-order chi connectivity index (χ0) is 27.9. The standard InChI is InChI=1S/C30H58O2.Mg.Na.H2O4S.3H/c1-3-5-7-9-11-13-15-16-17-18-19-20-22-24-26-28-30(31)32-29-27-25-23-21-14-12-10-8-6-4-2;;;1-5(2,3)4;;;/h16-17H,3-15,18-29H2,1-2H3;;;(H2,1,2,3,4);;;. The van der Waals surface area contributed by atoms with Gasteiger partial charge in [0.2, 0.25) is 0 Å². The number of esters is 1. The van der Waals surface area contributed by atoms with Gasteiger partial charge < -0.3 is 4.74 Å². The zero-order valence-corrected chi connectivity index (χ0v) is 25.1. The van der Waals surface area contributed by atoms with Gasteiger partial charge in [0, 0.05) is 6.42 Å². The molecule has 0 aromatic carbocycles. The molecule has 0 rings (SSSR count). The molecule has 39 heavy (non-hydrogen) atoms. The Labute approximate surface area is 280 Å². The third-order valence-corrected chi connectivity index (χ3v) is 6.40. The third-order valence-electron chi connectivity index (χ3n) is 6.40. The number of carbonyl (C=O) groups excluding carboxylic acids is 1. The summed E-state index contributed by atoms with van der Waals surface area (Å²) in [4.78, 5) is 11.8. The topological polar surface area (TPSA) is 101 Å². The van der Waals surface area contributed by atoms with Gasteiger partial charge in [-0.3, -0.25) is 13.9 Å². The first-order valence-electron chi connectivity index (χ1n) is 15.3. The number of ether oxygens (including phenoxy) is 1. The van der Waals surface area contributed by atoms with E-state index in [2.05, 4.69) is 26.0 Å². The van der Waals surface area contributed by atoms with Crippen LogP contribution in [0.1, 0.15) is 168 Å². The van der Waals surface area contributed by atoms with E-state index in [1.165, 1.54) is 128 Å². The molecule has 0 aliphatic carbocycles. The van der Waals surface area contributed by atoms with Gasteiger partial charge in [0.05, 0.1) is 6.61 Å². The molecule has 6 nitrogen and oxygen atoms in total. The van der Waals surface area contributed by atoms with Gasteiger partial charge in [0.25, 0.3) is 0 Å². The summed E-state index contributed by atoms with van der Waals surface area (Å²) < 4.78 is 37.0. The van der Waals surface area contributed by atoms with Crippen LogP contribution in [0, 0.1) is 0 Å². The number of allylic oxidation sites excluding steroid dienone is 2. The van der Waals surface area contributed by atoms with Crippen molar-refractivity contribution in [2.45, 2.75) is 168 Å². The van der Waals surface area contributed by atoms with Crippen LogP contribution in [0.2, 0.25) is 0 Å².